The molecule has 1 atom stereocenters. The summed E-state index contributed by atoms with van der Waals surface area (Å²) >= 11 is 0. The highest BCUT2D eigenvalue weighted by atomic mass is 32.2. The van der Waals surface area contributed by atoms with E-state index >= 15 is 0 Å². The van der Waals surface area contributed by atoms with Crippen molar-refractivity contribution in [3.8, 4) is 17.2 Å². The molecule has 0 aliphatic carbocycles. The molecule has 6 nitrogen and oxygen atoms in total. The highest BCUT2D eigenvalue weighted by Crippen LogP contribution is 2.34. The van der Waals surface area contributed by atoms with Crippen molar-refractivity contribution < 1.29 is 17.9 Å². The molecule has 0 saturated carbocycles. The van der Waals surface area contributed by atoms with Gasteiger partial charge in [0.05, 0.1) is 12.4 Å². The second kappa shape index (κ2) is 6.81. The standard InChI is InChI=1S/C21H22N2O4S/c24-28(25)13-11-23-10-1-2-19(21(23)22-28)15-3-5-17(6-4-15)27-18-7-8-20-16(14-18)9-12-26-20/h3-8,14,19H,1-2,9-13H2. The number of nitrogens with zero attached hydrogens (tertiary/aromatic N) is 2. The zero-order valence-corrected chi connectivity index (χ0v) is 16.3. The molecule has 2 aromatic rings. The van der Waals surface area contributed by atoms with Gasteiger partial charge in [0.15, 0.2) is 0 Å². The zero-order valence-electron chi connectivity index (χ0n) is 15.5. The molecule has 0 amide bonds. The molecule has 2 aromatic carbocycles. The summed E-state index contributed by atoms with van der Waals surface area (Å²) in [5.41, 5.74) is 2.25. The van der Waals surface area contributed by atoms with Gasteiger partial charge in [0.1, 0.15) is 23.1 Å². The van der Waals surface area contributed by atoms with Crippen molar-refractivity contribution in [2.24, 2.45) is 4.40 Å². The Bertz CT molecular complexity index is 1030. The quantitative estimate of drug-likeness (QED) is 0.793. The van der Waals surface area contributed by atoms with Crippen molar-refractivity contribution in [1.29, 1.82) is 0 Å². The largest absolute Gasteiger partial charge is 0.493 e. The van der Waals surface area contributed by atoms with Gasteiger partial charge in [-0.3, -0.25) is 0 Å². The summed E-state index contributed by atoms with van der Waals surface area (Å²) in [5.74, 6) is 3.33. The number of hydrogen-bond donors (Lipinski definition) is 0. The number of fused-ring (bicyclic) bond motifs is 2. The van der Waals surface area contributed by atoms with E-state index in [9.17, 15) is 8.42 Å². The van der Waals surface area contributed by atoms with E-state index in [4.69, 9.17) is 9.47 Å². The minimum atomic E-state index is -3.34. The van der Waals surface area contributed by atoms with Crippen LogP contribution >= 0.6 is 0 Å². The van der Waals surface area contributed by atoms with Gasteiger partial charge in [-0.05, 0) is 48.7 Å². The minimum Gasteiger partial charge on any atom is -0.493 e. The highest BCUT2D eigenvalue weighted by Gasteiger charge is 2.33. The van der Waals surface area contributed by atoms with Gasteiger partial charge in [0.2, 0.25) is 0 Å². The first-order valence-electron chi connectivity index (χ1n) is 9.68. The number of hydrogen-bond acceptors (Lipinski definition) is 5. The van der Waals surface area contributed by atoms with Crippen molar-refractivity contribution in [3.63, 3.8) is 0 Å². The van der Waals surface area contributed by atoms with E-state index in [0.29, 0.717) is 12.4 Å². The molecule has 3 aliphatic rings. The summed E-state index contributed by atoms with van der Waals surface area (Å²) in [5, 5.41) is 0. The van der Waals surface area contributed by atoms with Crippen LogP contribution in [0.1, 0.15) is 29.9 Å². The summed E-state index contributed by atoms with van der Waals surface area (Å²) in [7, 11) is -3.34. The first-order valence-corrected chi connectivity index (χ1v) is 11.3. The third-order valence-electron chi connectivity index (χ3n) is 5.59. The smallest absolute Gasteiger partial charge is 0.256 e. The van der Waals surface area contributed by atoms with Crippen molar-refractivity contribution in [2.75, 3.05) is 25.4 Å². The molecule has 1 fully saturated rings. The molecule has 3 aliphatic heterocycles. The van der Waals surface area contributed by atoms with E-state index in [0.717, 1.165) is 55.2 Å². The van der Waals surface area contributed by atoms with E-state index in [1.165, 1.54) is 5.56 Å². The lowest BCUT2D eigenvalue weighted by atomic mass is 9.89. The first-order chi connectivity index (χ1) is 13.6. The lowest BCUT2D eigenvalue weighted by Gasteiger charge is -2.37. The molecule has 3 heterocycles. The number of piperidine rings is 1. The normalized spacial score (nSPS) is 22.6. The van der Waals surface area contributed by atoms with Crippen LogP contribution in [0.25, 0.3) is 0 Å². The Labute approximate surface area is 164 Å². The van der Waals surface area contributed by atoms with Crippen LogP contribution in [0.2, 0.25) is 0 Å². The zero-order chi connectivity index (χ0) is 19.1. The SMILES string of the molecule is O=S1(=O)CCN2CCCC(c3ccc(Oc4ccc5c(c4)CCO5)cc3)C2=N1. The van der Waals surface area contributed by atoms with Crippen molar-refractivity contribution >= 4 is 15.9 Å². The second-order valence-electron chi connectivity index (χ2n) is 7.46. The molecule has 0 bridgehead atoms. The van der Waals surface area contributed by atoms with E-state index in [2.05, 4.69) is 9.30 Å². The molecule has 7 heteroatoms. The average molecular weight is 398 g/mol. The summed E-state index contributed by atoms with van der Waals surface area (Å²) < 4.78 is 39.6. The maximum atomic E-state index is 12.0. The van der Waals surface area contributed by atoms with Gasteiger partial charge >= 0.3 is 0 Å². The van der Waals surface area contributed by atoms with E-state index < -0.39 is 10.0 Å². The molecule has 0 radical (unpaired) electrons. The Morgan fingerprint density at radius 2 is 1.89 bits per heavy atom. The van der Waals surface area contributed by atoms with Crippen LogP contribution in [0.15, 0.2) is 46.9 Å². The van der Waals surface area contributed by atoms with Crippen LogP contribution in [0, 0.1) is 0 Å². The van der Waals surface area contributed by atoms with Gasteiger partial charge in [-0.25, -0.2) is 8.42 Å². The molecule has 1 unspecified atom stereocenters. The van der Waals surface area contributed by atoms with E-state index in [1.54, 1.807) is 0 Å². The lowest BCUT2D eigenvalue weighted by Crippen LogP contribution is -2.46. The molecule has 0 N–H and O–H groups in total. The summed E-state index contributed by atoms with van der Waals surface area (Å²) in [6.45, 7) is 2.15. The summed E-state index contributed by atoms with van der Waals surface area (Å²) in [6, 6.07) is 13.8. The third kappa shape index (κ3) is 3.35. The van der Waals surface area contributed by atoms with Crippen molar-refractivity contribution in [1.82, 2.24) is 4.90 Å². The maximum absolute atomic E-state index is 12.0. The Morgan fingerprint density at radius 3 is 2.75 bits per heavy atom. The molecule has 5 rings (SSSR count). The Balaban J connectivity index is 1.37. The first kappa shape index (κ1) is 17.6. The fourth-order valence-electron chi connectivity index (χ4n) is 4.16. The Morgan fingerprint density at radius 1 is 1.07 bits per heavy atom. The van der Waals surface area contributed by atoms with Crippen molar-refractivity contribution in [3.05, 3.63) is 53.6 Å². The van der Waals surface area contributed by atoms with Crippen LogP contribution < -0.4 is 9.47 Å². The van der Waals surface area contributed by atoms with Crippen LogP contribution in [0.4, 0.5) is 0 Å². The summed E-state index contributed by atoms with van der Waals surface area (Å²) in [4.78, 5) is 2.12. The molecule has 28 heavy (non-hydrogen) atoms. The Hall–Kier alpha value is -2.54. The average Bonchev–Trinajstić information content (AvgIpc) is 3.15. The second-order valence-corrected chi connectivity index (χ2v) is 9.21. The van der Waals surface area contributed by atoms with Gasteiger partial charge < -0.3 is 14.4 Å². The van der Waals surface area contributed by atoms with Crippen LogP contribution in [0.5, 0.6) is 17.2 Å². The topological polar surface area (TPSA) is 68.2 Å². The fraction of sp³-hybridized carbons (Fsp3) is 0.381. The molecule has 0 aromatic heterocycles. The number of rotatable bonds is 3. The van der Waals surface area contributed by atoms with Gasteiger partial charge in [0, 0.05) is 31.0 Å². The highest BCUT2D eigenvalue weighted by molar-refractivity contribution is 7.90. The monoisotopic (exact) mass is 398 g/mol. The fourth-order valence-corrected chi connectivity index (χ4v) is 5.23. The van der Waals surface area contributed by atoms with Gasteiger partial charge in [-0.1, -0.05) is 12.1 Å². The van der Waals surface area contributed by atoms with E-state index in [-0.39, 0.29) is 11.7 Å². The maximum Gasteiger partial charge on any atom is 0.256 e. The minimum absolute atomic E-state index is 0.0232. The molecule has 0 spiro atoms. The van der Waals surface area contributed by atoms with Crippen LogP contribution in [-0.4, -0.2) is 44.6 Å². The number of ether oxygens (including phenoxy) is 2. The molecule has 1 saturated heterocycles. The predicted molar refractivity (Wildman–Crippen MR) is 107 cm³/mol. The number of amidine groups is 1. The summed E-state index contributed by atoms with van der Waals surface area (Å²) in [6.07, 6.45) is 2.86. The molecular weight excluding hydrogens is 376 g/mol. The number of benzene rings is 2. The Kier molecular flexibility index (Phi) is 4.27. The predicted octanol–water partition coefficient (Wildman–Crippen LogP) is 3.34. The van der Waals surface area contributed by atoms with Gasteiger partial charge in [-0.15, -0.1) is 4.40 Å². The van der Waals surface area contributed by atoms with Crippen molar-refractivity contribution in [2.45, 2.75) is 25.2 Å². The van der Waals surface area contributed by atoms with Gasteiger partial charge in [-0.2, -0.15) is 0 Å². The van der Waals surface area contributed by atoms with E-state index in [1.807, 2.05) is 42.5 Å². The third-order valence-corrected chi connectivity index (χ3v) is 6.75. The number of sulfonamides is 1. The van der Waals surface area contributed by atoms with Crippen LogP contribution in [0.3, 0.4) is 0 Å². The van der Waals surface area contributed by atoms with Crippen LogP contribution in [-0.2, 0) is 16.4 Å². The lowest BCUT2D eigenvalue weighted by molar-refractivity contribution is 0.356. The molecular formula is C21H22N2O4S. The van der Waals surface area contributed by atoms with Gasteiger partial charge in [0.25, 0.3) is 10.0 Å². The molecule has 146 valence electrons.